The Kier molecular flexibility index (Phi) is 3.32. The van der Waals surface area contributed by atoms with Gasteiger partial charge in [0.25, 0.3) is 0 Å². The Labute approximate surface area is 124 Å². The van der Waals surface area contributed by atoms with E-state index in [4.69, 9.17) is 0 Å². The summed E-state index contributed by atoms with van der Waals surface area (Å²) in [6.45, 7) is 0.549. The third-order valence-corrected chi connectivity index (χ3v) is 3.81. The van der Waals surface area contributed by atoms with Gasteiger partial charge in [-0.3, -0.25) is 0 Å². The first-order valence-electron chi connectivity index (χ1n) is 6.21. The zero-order valence-corrected chi connectivity index (χ0v) is 12.2. The zero-order chi connectivity index (χ0) is 14.1. The molecular weight excluding hydrogens is 318 g/mol. The molecule has 0 spiro atoms. The van der Waals surface area contributed by atoms with Crippen LogP contribution in [0.4, 0.5) is 0 Å². The van der Waals surface area contributed by atoms with E-state index >= 15 is 0 Å². The lowest BCUT2D eigenvalue weighted by Crippen LogP contribution is -2.06. The van der Waals surface area contributed by atoms with Crippen LogP contribution in [0.5, 0.6) is 0 Å². The third kappa shape index (κ3) is 2.34. The lowest BCUT2D eigenvalue weighted by molar-refractivity contribution is 0.0695. The average Bonchev–Trinajstić information content (AvgIpc) is 2.81. The molecular formula is C16H12BrNO2. The van der Waals surface area contributed by atoms with Crippen LogP contribution in [0.1, 0.15) is 15.9 Å². The van der Waals surface area contributed by atoms with Gasteiger partial charge in [-0.15, -0.1) is 0 Å². The molecule has 0 saturated heterocycles. The van der Waals surface area contributed by atoms with E-state index in [9.17, 15) is 9.90 Å². The number of carboxylic acids is 1. The summed E-state index contributed by atoms with van der Waals surface area (Å²) in [5.74, 6) is -0.889. The Morgan fingerprint density at radius 2 is 1.95 bits per heavy atom. The minimum Gasteiger partial charge on any atom is -0.478 e. The lowest BCUT2D eigenvalue weighted by atomic mass is 10.1. The Bertz CT molecular complexity index is 792. The van der Waals surface area contributed by atoms with Crippen molar-refractivity contribution in [2.45, 2.75) is 6.54 Å². The van der Waals surface area contributed by atoms with E-state index in [2.05, 4.69) is 26.6 Å². The fourth-order valence-electron chi connectivity index (χ4n) is 2.36. The molecule has 0 atom stereocenters. The van der Waals surface area contributed by atoms with Gasteiger partial charge < -0.3 is 9.67 Å². The van der Waals surface area contributed by atoms with Crippen molar-refractivity contribution in [3.63, 3.8) is 0 Å². The van der Waals surface area contributed by atoms with Crippen molar-refractivity contribution in [2.75, 3.05) is 0 Å². The fraction of sp³-hybridized carbons (Fsp3) is 0.0625. The number of benzene rings is 2. The minimum atomic E-state index is -0.889. The van der Waals surface area contributed by atoms with Crippen molar-refractivity contribution in [3.8, 4) is 0 Å². The number of carboxylic acid groups (broad SMARTS) is 1. The van der Waals surface area contributed by atoms with Gasteiger partial charge >= 0.3 is 5.97 Å². The molecule has 0 aliphatic heterocycles. The Morgan fingerprint density at radius 3 is 2.75 bits per heavy atom. The highest BCUT2D eigenvalue weighted by atomic mass is 79.9. The summed E-state index contributed by atoms with van der Waals surface area (Å²) in [7, 11) is 0. The first-order valence-corrected chi connectivity index (χ1v) is 7.00. The summed E-state index contributed by atoms with van der Waals surface area (Å²) in [6.07, 6.45) is 1.98. The first-order chi connectivity index (χ1) is 9.65. The normalized spacial score (nSPS) is 10.8. The quantitative estimate of drug-likeness (QED) is 0.784. The van der Waals surface area contributed by atoms with Crippen LogP contribution in [-0.2, 0) is 6.54 Å². The summed E-state index contributed by atoms with van der Waals surface area (Å²) in [6, 6.07) is 15.2. The van der Waals surface area contributed by atoms with Crippen LogP contribution in [0.3, 0.4) is 0 Å². The Hall–Kier alpha value is -2.07. The van der Waals surface area contributed by atoms with Crippen molar-refractivity contribution in [3.05, 3.63) is 70.3 Å². The fourth-order valence-corrected chi connectivity index (χ4v) is 2.74. The highest BCUT2D eigenvalue weighted by molar-refractivity contribution is 9.10. The number of rotatable bonds is 3. The van der Waals surface area contributed by atoms with Crippen LogP contribution >= 0.6 is 15.9 Å². The molecule has 1 aromatic heterocycles. The number of hydrogen-bond donors (Lipinski definition) is 1. The van der Waals surface area contributed by atoms with Gasteiger partial charge in [-0.1, -0.05) is 34.1 Å². The minimum absolute atomic E-state index is 0.353. The SMILES string of the molecule is O=C(O)c1ccccc1Cn1ccc2cc(Br)ccc21. The van der Waals surface area contributed by atoms with E-state index in [1.807, 2.05) is 36.5 Å². The van der Waals surface area contributed by atoms with E-state index in [1.165, 1.54) is 0 Å². The lowest BCUT2D eigenvalue weighted by Gasteiger charge is -2.08. The van der Waals surface area contributed by atoms with Gasteiger partial charge in [0.1, 0.15) is 0 Å². The predicted molar refractivity (Wildman–Crippen MR) is 82.1 cm³/mol. The number of hydrogen-bond acceptors (Lipinski definition) is 1. The maximum Gasteiger partial charge on any atom is 0.336 e. The molecule has 1 heterocycles. The molecule has 0 bridgehead atoms. The molecule has 0 radical (unpaired) electrons. The zero-order valence-electron chi connectivity index (χ0n) is 10.6. The Balaban J connectivity index is 2.04. The molecule has 0 aliphatic rings. The number of nitrogens with zero attached hydrogens (tertiary/aromatic N) is 1. The second-order valence-electron chi connectivity index (χ2n) is 4.61. The second-order valence-corrected chi connectivity index (χ2v) is 5.52. The van der Waals surface area contributed by atoms with Crippen molar-refractivity contribution in [2.24, 2.45) is 0 Å². The van der Waals surface area contributed by atoms with Crippen LogP contribution in [0.2, 0.25) is 0 Å². The van der Waals surface area contributed by atoms with Crippen LogP contribution in [0.25, 0.3) is 10.9 Å². The molecule has 0 saturated carbocycles. The van der Waals surface area contributed by atoms with Gasteiger partial charge in [-0.05, 0) is 35.9 Å². The molecule has 3 rings (SSSR count). The maximum absolute atomic E-state index is 11.2. The number of carbonyl (C=O) groups is 1. The van der Waals surface area contributed by atoms with E-state index in [-0.39, 0.29) is 0 Å². The molecule has 0 amide bonds. The summed E-state index contributed by atoms with van der Waals surface area (Å²) in [5, 5.41) is 10.4. The second kappa shape index (κ2) is 5.13. The first kappa shape index (κ1) is 12.9. The van der Waals surface area contributed by atoms with Gasteiger partial charge in [-0.25, -0.2) is 4.79 Å². The molecule has 2 aromatic carbocycles. The van der Waals surface area contributed by atoms with Crippen molar-refractivity contribution in [1.29, 1.82) is 0 Å². The average molecular weight is 330 g/mol. The highest BCUT2D eigenvalue weighted by Gasteiger charge is 2.10. The van der Waals surface area contributed by atoms with Gasteiger partial charge in [0.2, 0.25) is 0 Å². The molecule has 3 nitrogen and oxygen atoms in total. The molecule has 1 N–H and O–H groups in total. The van der Waals surface area contributed by atoms with Crippen LogP contribution in [0.15, 0.2) is 59.2 Å². The third-order valence-electron chi connectivity index (χ3n) is 3.32. The number of halogens is 1. The number of fused-ring (bicyclic) bond motifs is 1. The van der Waals surface area contributed by atoms with E-state index in [1.54, 1.807) is 12.1 Å². The van der Waals surface area contributed by atoms with Crippen molar-refractivity contribution in [1.82, 2.24) is 4.57 Å². The smallest absolute Gasteiger partial charge is 0.336 e. The summed E-state index contributed by atoms with van der Waals surface area (Å²) < 4.78 is 3.09. The Morgan fingerprint density at radius 1 is 1.15 bits per heavy atom. The number of aromatic nitrogens is 1. The topological polar surface area (TPSA) is 42.2 Å². The molecule has 20 heavy (non-hydrogen) atoms. The monoisotopic (exact) mass is 329 g/mol. The number of aromatic carboxylic acids is 1. The standard InChI is InChI=1S/C16H12BrNO2/c17-13-5-6-15-11(9-13)7-8-18(15)10-12-3-1-2-4-14(12)16(19)20/h1-9H,10H2,(H,19,20). The van der Waals surface area contributed by atoms with Crippen LogP contribution in [0, 0.1) is 0 Å². The molecule has 0 unspecified atom stereocenters. The van der Waals surface area contributed by atoms with E-state index < -0.39 is 5.97 Å². The van der Waals surface area contributed by atoms with E-state index in [0.29, 0.717) is 12.1 Å². The molecule has 3 aromatic rings. The van der Waals surface area contributed by atoms with Gasteiger partial charge in [-0.2, -0.15) is 0 Å². The largest absolute Gasteiger partial charge is 0.478 e. The van der Waals surface area contributed by atoms with Gasteiger partial charge in [0, 0.05) is 28.1 Å². The van der Waals surface area contributed by atoms with Crippen molar-refractivity contribution >= 4 is 32.8 Å². The van der Waals surface area contributed by atoms with Gasteiger partial charge in [0.05, 0.1) is 5.56 Å². The molecule has 100 valence electrons. The molecule has 0 aliphatic carbocycles. The van der Waals surface area contributed by atoms with Crippen LogP contribution in [-0.4, -0.2) is 15.6 Å². The summed E-state index contributed by atoms with van der Waals surface area (Å²) >= 11 is 3.45. The summed E-state index contributed by atoms with van der Waals surface area (Å²) in [5.41, 5.74) is 2.25. The maximum atomic E-state index is 11.2. The summed E-state index contributed by atoms with van der Waals surface area (Å²) in [4.78, 5) is 11.2. The van der Waals surface area contributed by atoms with E-state index in [0.717, 1.165) is 20.9 Å². The highest BCUT2D eigenvalue weighted by Crippen LogP contribution is 2.22. The molecule has 4 heteroatoms. The molecule has 0 fully saturated rings. The van der Waals surface area contributed by atoms with Crippen LogP contribution < -0.4 is 0 Å². The predicted octanol–water partition coefficient (Wildman–Crippen LogP) is 4.15. The van der Waals surface area contributed by atoms with Crippen molar-refractivity contribution < 1.29 is 9.90 Å². The van der Waals surface area contributed by atoms with Gasteiger partial charge in [0.15, 0.2) is 0 Å².